The standard InChI is InChI=1S/C17H17N3O3/c21-17(20-11-1-2-11)14-5-3-13(10-18-14)19-12-4-6-15-16(9-12)23-8-7-22-15/h3-6,9-11,19H,1-2,7-8H2,(H,20,21). The van der Waals surface area contributed by atoms with E-state index in [0.717, 1.165) is 35.7 Å². The van der Waals surface area contributed by atoms with E-state index in [2.05, 4.69) is 15.6 Å². The van der Waals surface area contributed by atoms with Gasteiger partial charge in [-0.15, -0.1) is 0 Å². The molecular formula is C17H17N3O3. The summed E-state index contributed by atoms with van der Waals surface area (Å²) in [7, 11) is 0. The number of benzene rings is 1. The number of rotatable bonds is 4. The summed E-state index contributed by atoms with van der Waals surface area (Å²) in [5.41, 5.74) is 2.13. The highest BCUT2D eigenvalue weighted by molar-refractivity contribution is 5.92. The molecule has 1 fully saturated rings. The summed E-state index contributed by atoms with van der Waals surface area (Å²) in [5.74, 6) is 1.38. The molecular weight excluding hydrogens is 294 g/mol. The van der Waals surface area contributed by atoms with Gasteiger partial charge >= 0.3 is 0 Å². The van der Waals surface area contributed by atoms with Crippen LogP contribution in [-0.4, -0.2) is 30.1 Å². The van der Waals surface area contributed by atoms with Gasteiger partial charge in [0, 0.05) is 17.8 Å². The first-order chi connectivity index (χ1) is 11.3. The highest BCUT2D eigenvalue weighted by Crippen LogP contribution is 2.33. The Balaban J connectivity index is 1.45. The number of amides is 1. The van der Waals surface area contributed by atoms with Gasteiger partial charge in [-0.25, -0.2) is 4.98 Å². The smallest absolute Gasteiger partial charge is 0.270 e. The predicted molar refractivity (Wildman–Crippen MR) is 85.4 cm³/mol. The summed E-state index contributed by atoms with van der Waals surface area (Å²) in [6, 6.07) is 9.58. The minimum atomic E-state index is -0.113. The number of nitrogens with zero attached hydrogens (tertiary/aromatic N) is 1. The van der Waals surface area contributed by atoms with Crippen LogP contribution in [0.4, 0.5) is 11.4 Å². The van der Waals surface area contributed by atoms with Gasteiger partial charge in [0.25, 0.3) is 5.91 Å². The van der Waals surface area contributed by atoms with Crippen molar-refractivity contribution in [2.75, 3.05) is 18.5 Å². The SMILES string of the molecule is O=C(NC1CC1)c1ccc(Nc2ccc3c(c2)OCCO3)cn1. The van der Waals surface area contributed by atoms with E-state index in [1.165, 1.54) is 0 Å². The summed E-state index contributed by atoms with van der Waals surface area (Å²) in [5, 5.41) is 6.16. The molecule has 6 heteroatoms. The van der Waals surface area contributed by atoms with Crippen LogP contribution in [0.25, 0.3) is 0 Å². The fourth-order valence-electron chi connectivity index (χ4n) is 2.38. The number of hydrogen-bond acceptors (Lipinski definition) is 5. The minimum absolute atomic E-state index is 0.113. The van der Waals surface area contributed by atoms with Gasteiger partial charge < -0.3 is 20.1 Å². The molecule has 1 aromatic heterocycles. The number of hydrogen-bond donors (Lipinski definition) is 2. The van der Waals surface area contributed by atoms with Crippen LogP contribution in [0.2, 0.25) is 0 Å². The molecule has 0 bridgehead atoms. The summed E-state index contributed by atoms with van der Waals surface area (Å²) < 4.78 is 11.1. The van der Waals surface area contributed by atoms with Gasteiger partial charge in [0.2, 0.25) is 0 Å². The van der Waals surface area contributed by atoms with Crippen LogP contribution in [0.15, 0.2) is 36.5 Å². The van der Waals surface area contributed by atoms with Crippen molar-refractivity contribution in [1.82, 2.24) is 10.3 Å². The quantitative estimate of drug-likeness (QED) is 0.907. The number of fused-ring (bicyclic) bond motifs is 1. The van der Waals surface area contributed by atoms with Crippen LogP contribution >= 0.6 is 0 Å². The van der Waals surface area contributed by atoms with Crippen molar-refractivity contribution in [3.63, 3.8) is 0 Å². The molecule has 0 saturated heterocycles. The molecule has 1 aromatic carbocycles. The number of carbonyl (C=O) groups excluding carboxylic acids is 1. The molecule has 1 amide bonds. The molecule has 1 aliphatic carbocycles. The third-order valence-electron chi connectivity index (χ3n) is 3.74. The number of anilines is 2. The molecule has 1 aliphatic heterocycles. The zero-order valence-electron chi connectivity index (χ0n) is 12.5. The molecule has 0 spiro atoms. The lowest BCUT2D eigenvalue weighted by atomic mass is 10.2. The summed E-state index contributed by atoms with van der Waals surface area (Å²) in [4.78, 5) is 16.1. The van der Waals surface area contributed by atoms with Gasteiger partial charge in [-0.2, -0.15) is 0 Å². The van der Waals surface area contributed by atoms with E-state index < -0.39 is 0 Å². The van der Waals surface area contributed by atoms with Crippen molar-refractivity contribution in [3.05, 3.63) is 42.2 Å². The van der Waals surface area contributed by atoms with E-state index in [9.17, 15) is 4.79 Å². The lowest BCUT2D eigenvalue weighted by Crippen LogP contribution is -2.26. The molecule has 0 atom stereocenters. The monoisotopic (exact) mass is 311 g/mol. The maximum Gasteiger partial charge on any atom is 0.270 e. The Bertz CT molecular complexity index is 726. The Labute approximate surface area is 133 Å². The van der Waals surface area contributed by atoms with E-state index in [4.69, 9.17) is 9.47 Å². The Morgan fingerprint density at radius 3 is 2.57 bits per heavy atom. The van der Waals surface area contributed by atoms with Crippen molar-refractivity contribution >= 4 is 17.3 Å². The van der Waals surface area contributed by atoms with Crippen molar-refractivity contribution < 1.29 is 14.3 Å². The zero-order valence-corrected chi connectivity index (χ0v) is 12.5. The van der Waals surface area contributed by atoms with Crippen LogP contribution in [0.1, 0.15) is 23.3 Å². The zero-order chi connectivity index (χ0) is 15.6. The van der Waals surface area contributed by atoms with Gasteiger partial charge in [-0.05, 0) is 37.1 Å². The fraction of sp³-hybridized carbons (Fsp3) is 0.294. The first kappa shape index (κ1) is 13.9. The molecule has 23 heavy (non-hydrogen) atoms. The molecule has 2 aromatic rings. The number of pyridine rings is 1. The van der Waals surface area contributed by atoms with Gasteiger partial charge in [0.05, 0.1) is 11.9 Å². The normalized spacial score (nSPS) is 15.8. The fourth-order valence-corrected chi connectivity index (χ4v) is 2.38. The Morgan fingerprint density at radius 2 is 1.83 bits per heavy atom. The molecule has 118 valence electrons. The summed E-state index contributed by atoms with van der Waals surface area (Å²) >= 11 is 0. The lowest BCUT2D eigenvalue weighted by molar-refractivity contribution is 0.0946. The van der Waals surface area contributed by atoms with Gasteiger partial charge in [0.15, 0.2) is 11.5 Å². The van der Waals surface area contributed by atoms with E-state index >= 15 is 0 Å². The first-order valence-corrected chi connectivity index (χ1v) is 7.71. The maximum atomic E-state index is 11.9. The van der Waals surface area contributed by atoms with E-state index in [-0.39, 0.29) is 5.91 Å². The number of ether oxygens (including phenoxy) is 2. The second-order valence-electron chi connectivity index (χ2n) is 5.66. The third-order valence-corrected chi connectivity index (χ3v) is 3.74. The highest BCUT2D eigenvalue weighted by atomic mass is 16.6. The van der Waals surface area contributed by atoms with E-state index in [0.29, 0.717) is 24.9 Å². The van der Waals surface area contributed by atoms with Crippen LogP contribution in [0.3, 0.4) is 0 Å². The number of carbonyl (C=O) groups is 1. The largest absolute Gasteiger partial charge is 0.486 e. The lowest BCUT2D eigenvalue weighted by Gasteiger charge is -2.19. The number of aromatic nitrogens is 1. The first-order valence-electron chi connectivity index (χ1n) is 7.71. The highest BCUT2D eigenvalue weighted by Gasteiger charge is 2.24. The van der Waals surface area contributed by atoms with Gasteiger partial charge in [-0.1, -0.05) is 0 Å². The average Bonchev–Trinajstić information content (AvgIpc) is 3.39. The second-order valence-corrected chi connectivity index (χ2v) is 5.66. The predicted octanol–water partition coefficient (Wildman–Crippen LogP) is 2.49. The topological polar surface area (TPSA) is 72.5 Å². The second kappa shape index (κ2) is 5.79. The Morgan fingerprint density at radius 1 is 1.04 bits per heavy atom. The third kappa shape index (κ3) is 3.21. The summed E-state index contributed by atoms with van der Waals surface area (Å²) in [6.45, 7) is 1.14. The molecule has 1 saturated carbocycles. The minimum Gasteiger partial charge on any atom is -0.486 e. The van der Waals surface area contributed by atoms with Crippen molar-refractivity contribution in [1.29, 1.82) is 0 Å². The maximum absolute atomic E-state index is 11.9. The van der Waals surface area contributed by atoms with Crippen molar-refractivity contribution in [2.45, 2.75) is 18.9 Å². The Kier molecular flexibility index (Phi) is 3.49. The van der Waals surface area contributed by atoms with E-state index in [1.54, 1.807) is 12.3 Å². The molecule has 0 unspecified atom stereocenters. The van der Waals surface area contributed by atoms with Crippen molar-refractivity contribution in [2.24, 2.45) is 0 Å². The molecule has 2 N–H and O–H groups in total. The molecule has 2 aliphatic rings. The van der Waals surface area contributed by atoms with Crippen LogP contribution in [0, 0.1) is 0 Å². The average molecular weight is 311 g/mol. The Hall–Kier alpha value is -2.76. The van der Waals surface area contributed by atoms with Gasteiger partial charge in [0.1, 0.15) is 18.9 Å². The van der Waals surface area contributed by atoms with Gasteiger partial charge in [-0.3, -0.25) is 4.79 Å². The molecule has 4 rings (SSSR count). The molecule has 6 nitrogen and oxygen atoms in total. The molecule has 2 heterocycles. The van der Waals surface area contributed by atoms with Crippen LogP contribution in [-0.2, 0) is 0 Å². The van der Waals surface area contributed by atoms with Crippen LogP contribution in [0.5, 0.6) is 11.5 Å². The van der Waals surface area contributed by atoms with Crippen LogP contribution < -0.4 is 20.1 Å². The molecule has 0 radical (unpaired) electrons. The summed E-state index contributed by atoms with van der Waals surface area (Å²) in [6.07, 6.45) is 3.78. The number of nitrogens with one attached hydrogen (secondary N) is 2. The van der Waals surface area contributed by atoms with Crippen molar-refractivity contribution in [3.8, 4) is 11.5 Å². The van der Waals surface area contributed by atoms with E-state index in [1.807, 2.05) is 24.3 Å².